The minimum Gasteiger partial charge on any atom is -0.494 e. The highest BCUT2D eigenvalue weighted by Gasteiger charge is 2.35. The molecule has 13 heteroatoms. The predicted octanol–water partition coefficient (Wildman–Crippen LogP) is 3.38. The molecule has 2 saturated heterocycles. The number of carbonyl (C=O) groups excluding carboxylic acids is 6. The maximum Gasteiger partial charge on any atom is 0.333 e. The number of rotatable bonds is 13. The van der Waals surface area contributed by atoms with E-state index in [-0.39, 0.29) is 86.7 Å². The van der Waals surface area contributed by atoms with Crippen molar-refractivity contribution in [3.05, 3.63) is 33.9 Å². The highest BCUT2D eigenvalue weighted by Crippen LogP contribution is 2.36. The maximum absolute atomic E-state index is 13.1. The Hall–Kier alpha value is -4.16. The summed E-state index contributed by atoms with van der Waals surface area (Å²) in [5.41, 5.74) is 0.255. The van der Waals surface area contributed by atoms with Crippen LogP contribution in [-0.2, 0) is 33.6 Å². The van der Waals surface area contributed by atoms with Crippen molar-refractivity contribution < 1.29 is 43.3 Å². The molecule has 0 bridgehead atoms. The smallest absolute Gasteiger partial charge is 0.333 e. The molecule has 1 unspecified atom stereocenters. The fourth-order valence-electron chi connectivity index (χ4n) is 5.73. The van der Waals surface area contributed by atoms with Gasteiger partial charge in [-0.15, -0.1) is 5.06 Å². The van der Waals surface area contributed by atoms with Gasteiger partial charge in [0.1, 0.15) is 11.5 Å². The summed E-state index contributed by atoms with van der Waals surface area (Å²) in [5.74, 6) is -2.17. The molecule has 4 amide bonds. The fraction of sp³-hybridized carbons (Fsp3) is 0.586. The molecule has 1 atom stereocenters. The van der Waals surface area contributed by atoms with E-state index in [0.29, 0.717) is 35.8 Å². The van der Waals surface area contributed by atoms with Gasteiger partial charge in [-0.25, -0.2) is 4.79 Å². The molecule has 0 aromatic heterocycles. The van der Waals surface area contributed by atoms with Gasteiger partial charge in [0.05, 0.1) is 18.0 Å². The van der Waals surface area contributed by atoms with Gasteiger partial charge in [0, 0.05) is 56.2 Å². The van der Waals surface area contributed by atoms with E-state index in [1.807, 2.05) is 0 Å². The average Bonchev–Trinajstić information content (AvgIpc) is 3.45. The summed E-state index contributed by atoms with van der Waals surface area (Å²) in [7, 11) is 0. The largest absolute Gasteiger partial charge is 0.494 e. The van der Waals surface area contributed by atoms with Crippen LogP contribution in [-0.4, -0.2) is 63.4 Å². The Morgan fingerprint density at radius 1 is 0.976 bits per heavy atom. The van der Waals surface area contributed by atoms with Crippen LogP contribution in [0.5, 0.6) is 5.75 Å². The van der Waals surface area contributed by atoms with Gasteiger partial charge >= 0.3 is 5.97 Å². The number of hydroxylamine groups is 2. The number of imide groups is 2. The molecule has 13 nitrogen and oxygen atoms in total. The lowest BCUT2D eigenvalue weighted by Gasteiger charge is -2.30. The second-order valence-electron chi connectivity index (χ2n) is 11.2. The summed E-state index contributed by atoms with van der Waals surface area (Å²) in [6.45, 7) is 2.25. The van der Waals surface area contributed by atoms with E-state index in [1.165, 1.54) is 23.1 Å². The molecule has 2 aliphatic heterocycles. The molecule has 0 N–H and O–H groups in total. The van der Waals surface area contributed by atoms with Crippen molar-refractivity contribution in [1.29, 1.82) is 0 Å². The molecule has 3 fully saturated rings. The van der Waals surface area contributed by atoms with Gasteiger partial charge < -0.3 is 9.57 Å². The Labute approximate surface area is 242 Å². The third kappa shape index (κ3) is 7.56. The molecule has 4 rings (SSSR count). The van der Waals surface area contributed by atoms with E-state index >= 15 is 0 Å². The van der Waals surface area contributed by atoms with E-state index in [9.17, 15) is 38.9 Å². The third-order valence-corrected chi connectivity index (χ3v) is 8.12. The van der Waals surface area contributed by atoms with E-state index < -0.39 is 28.6 Å². The van der Waals surface area contributed by atoms with Crippen molar-refractivity contribution in [2.24, 2.45) is 11.8 Å². The molecule has 1 aliphatic carbocycles. The number of amides is 4. The summed E-state index contributed by atoms with van der Waals surface area (Å²) < 4.78 is 5.68. The second-order valence-corrected chi connectivity index (χ2v) is 11.2. The first kappa shape index (κ1) is 30.8. The number of nitro benzene ring substituents is 1. The Kier molecular flexibility index (Phi) is 10.0. The summed E-state index contributed by atoms with van der Waals surface area (Å²) in [6.07, 6.45) is 3.58. The molecular formula is C29H35N3O10. The van der Waals surface area contributed by atoms with Crippen LogP contribution in [0.1, 0.15) is 89.0 Å². The van der Waals surface area contributed by atoms with Gasteiger partial charge in [0.15, 0.2) is 0 Å². The van der Waals surface area contributed by atoms with Crippen LogP contribution in [0.4, 0.5) is 5.69 Å². The number of benzene rings is 1. The van der Waals surface area contributed by atoms with Crippen molar-refractivity contribution in [2.45, 2.75) is 83.5 Å². The Balaban J connectivity index is 1.26. The van der Waals surface area contributed by atoms with Crippen LogP contribution < -0.4 is 4.74 Å². The number of ketones is 1. The van der Waals surface area contributed by atoms with Crippen molar-refractivity contribution in [1.82, 2.24) is 9.96 Å². The summed E-state index contributed by atoms with van der Waals surface area (Å²) in [5, 5.41) is 12.2. The molecule has 3 aliphatic rings. The van der Waals surface area contributed by atoms with E-state index in [1.54, 1.807) is 6.92 Å². The molecule has 2 heterocycles. The van der Waals surface area contributed by atoms with Crippen molar-refractivity contribution in [2.75, 3.05) is 13.2 Å². The van der Waals surface area contributed by atoms with Crippen molar-refractivity contribution >= 4 is 41.1 Å². The number of likely N-dealkylation sites (tertiary alicyclic amines) is 1. The predicted molar refractivity (Wildman–Crippen MR) is 144 cm³/mol. The standard InChI is InChI=1S/C29H35N3O10/c1-18(15-24(33)20-6-4-19(5-7-20)17-30-25(34)10-11-26(30)35)22-16-21(8-9-23(22)32(39)40)41-14-2-3-29(38)42-31-27(36)12-13-28(31)37/h8-9,16,18-20H,2-7,10-15,17H2,1H3. The van der Waals surface area contributed by atoms with Crippen LogP contribution in [0.2, 0.25) is 0 Å². The fourth-order valence-corrected chi connectivity index (χ4v) is 5.73. The van der Waals surface area contributed by atoms with Crippen LogP contribution in [0.3, 0.4) is 0 Å². The zero-order valence-corrected chi connectivity index (χ0v) is 23.6. The lowest BCUT2D eigenvalue weighted by Crippen LogP contribution is -2.36. The van der Waals surface area contributed by atoms with E-state index in [0.717, 1.165) is 12.8 Å². The van der Waals surface area contributed by atoms with E-state index in [4.69, 9.17) is 9.57 Å². The van der Waals surface area contributed by atoms with Gasteiger partial charge in [-0.2, -0.15) is 0 Å². The van der Waals surface area contributed by atoms with E-state index in [2.05, 4.69) is 0 Å². The number of hydrogen-bond donors (Lipinski definition) is 0. The first-order valence-corrected chi connectivity index (χ1v) is 14.4. The molecule has 0 radical (unpaired) electrons. The van der Waals surface area contributed by atoms with Gasteiger partial charge in [0.2, 0.25) is 11.8 Å². The number of Topliss-reactive ketones (excluding diaryl/α,β-unsaturated/α-hetero) is 1. The minimum atomic E-state index is -0.745. The Morgan fingerprint density at radius 3 is 2.21 bits per heavy atom. The van der Waals surface area contributed by atoms with Gasteiger partial charge in [-0.05, 0) is 56.1 Å². The Morgan fingerprint density at radius 2 is 1.60 bits per heavy atom. The average molecular weight is 586 g/mol. The first-order valence-electron chi connectivity index (χ1n) is 14.4. The number of hydrogen-bond acceptors (Lipinski definition) is 10. The number of ether oxygens (including phenoxy) is 1. The SMILES string of the molecule is CC(CC(=O)C1CCC(CN2C(=O)CCC2=O)CC1)c1cc(OCCCC(=O)ON2C(=O)CCC2=O)ccc1[N+](=O)[O-]. The van der Waals surface area contributed by atoms with Crippen LogP contribution in [0.25, 0.3) is 0 Å². The number of nitrogens with zero attached hydrogens (tertiary/aromatic N) is 3. The Bertz CT molecular complexity index is 1240. The van der Waals surface area contributed by atoms with Gasteiger partial charge in [-0.3, -0.25) is 39.0 Å². The lowest BCUT2D eigenvalue weighted by atomic mass is 9.77. The topological polar surface area (TPSA) is 170 Å². The monoisotopic (exact) mass is 585 g/mol. The van der Waals surface area contributed by atoms with Gasteiger partial charge in [-0.1, -0.05) is 6.92 Å². The normalized spacial score (nSPS) is 21.5. The van der Waals surface area contributed by atoms with Crippen LogP contribution >= 0.6 is 0 Å². The molecule has 1 aromatic rings. The quantitative estimate of drug-likeness (QED) is 0.145. The van der Waals surface area contributed by atoms with Crippen molar-refractivity contribution in [3.63, 3.8) is 0 Å². The maximum atomic E-state index is 13.1. The summed E-state index contributed by atoms with van der Waals surface area (Å²) >= 11 is 0. The molecule has 42 heavy (non-hydrogen) atoms. The molecule has 1 saturated carbocycles. The number of carbonyl (C=O) groups is 6. The third-order valence-electron chi connectivity index (χ3n) is 8.12. The minimum absolute atomic E-state index is 0.00798. The number of nitro groups is 1. The lowest BCUT2D eigenvalue weighted by molar-refractivity contribution is -0.385. The molecule has 0 spiro atoms. The van der Waals surface area contributed by atoms with Crippen LogP contribution in [0, 0.1) is 22.0 Å². The zero-order valence-electron chi connectivity index (χ0n) is 23.6. The highest BCUT2D eigenvalue weighted by molar-refractivity contribution is 6.02. The van der Waals surface area contributed by atoms with Crippen molar-refractivity contribution in [3.8, 4) is 5.75 Å². The summed E-state index contributed by atoms with van der Waals surface area (Å²) in [6, 6.07) is 4.32. The second kappa shape index (κ2) is 13.7. The van der Waals surface area contributed by atoms with Gasteiger partial charge in [0.25, 0.3) is 17.5 Å². The molecule has 226 valence electrons. The first-order chi connectivity index (χ1) is 20.0. The summed E-state index contributed by atoms with van der Waals surface area (Å²) in [4.78, 5) is 89.4. The van der Waals surface area contributed by atoms with Crippen LogP contribution in [0.15, 0.2) is 18.2 Å². The zero-order chi connectivity index (χ0) is 30.4. The molecular weight excluding hydrogens is 550 g/mol. The molecule has 1 aromatic carbocycles. The highest BCUT2D eigenvalue weighted by atomic mass is 16.7.